The molecule has 0 aromatic carbocycles. The normalized spacial score (nSPS) is 13.8. The molecule has 0 amide bonds. The zero-order chi connectivity index (χ0) is 11.6. The molecule has 0 N–H and O–H groups in total. The van der Waals surface area contributed by atoms with Crippen molar-refractivity contribution in [1.29, 1.82) is 0 Å². The first-order chi connectivity index (χ1) is 6.91. The highest BCUT2D eigenvalue weighted by Crippen LogP contribution is 2.23. The molecule has 84 valence electrons. The smallest absolute Gasteiger partial charge is 0.279 e. The quantitative estimate of drug-likeness (QED) is 0.601. The maximum Gasteiger partial charge on any atom is 0.279 e. The van der Waals surface area contributed by atoms with Crippen molar-refractivity contribution in [2.24, 2.45) is 0 Å². The van der Waals surface area contributed by atoms with Gasteiger partial charge in [-0.15, -0.1) is 0 Å². The van der Waals surface area contributed by atoms with Gasteiger partial charge in [0, 0.05) is 10.7 Å². The minimum absolute atomic E-state index is 0.00898. The molecule has 0 saturated heterocycles. The van der Waals surface area contributed by atoms with Crippen LogP contribution in [0.4, 0.5) is 0 Å². The summed E-state index contributed by atoms with van der Waals surface area (Å²) in [6.45, 7) is 3.69. The molecule has 0 fully saturated rings. The number of hydrogen-bond acceptors (Lipinski definition) is 4. The molecule has 1 aromatic heterocycles. The molecule has 0 aliphatic carbocycles. The van der Waals surface area contributed by atoms with E-state index in [0.717, 1.165) is 0 Å². The SMILES string of the molecule is CCC(C)n1ncc(C=O)c1S(=O)(=O)Cl. The molecular formula is C8H11ClN2O3S. The number of carbonyl (C=O) groups excluding carboxylic acids is 1. The summed E-state index contributed by atoms with van der Waals surface area (Å²) in [5, 5.41) is 3.62. The highest BCUT2D eigenvalue weighted by Gasteiger charge is 2.24. The fourth-order valence-electron chi connectivity index (χ4n) is 1.18. The van der Waals surface area contributed by atoms with Gasteiger partial charge in [0.25, 0.3) is 9.05 Å². The molecule has 1 rings (SSSR count). The van der Waals surface area contributed by atoms with Crippen LogP contribution in [0.3, 0.4) is 0 Å². The molecule has 0 bridgehead atoms. The van der Waals surface area contributed by atoms with E-state index in [1.165, 1.54) is 10.9 Å². The summed E-state index contributed by atoms with van der Waals surface area (Å²) >= 11 is 0. The van der Waals surface area contributed by atoms with Crippen LogP contribution in [-0.4, -0.2) is 24.5 Å². The standard InChI is InChI=1S/C8H11ClN2O3S/c1-3-6(2)11-8(15(9,13)14)7(5-12)4-10-11/h4-6H,3H2,1-2H3. The van der Waals surface area contributed by atoms with Gasteiger partial charge in [-0.1, -0.05) is 6.92 Å². The van der Waals surface area contributed by atoms with Crippen LogP contribution in [-0.2, 0) is 9.05 Å². The van der Waals surface area contributed by atoms with Gasteiger partial charge < -0.3 is 0 Å². The second-order valence-corrected chi connectivity index (χ2v) is 5.64. The molecular weight excluding hydrogens is 240 g/mol. The van der Waals surface area contributed by atoms with Gasteiger partial charge in [0.15, 0.2) is 11.3 Å². The van der Waals surface area contributed by atoms with E-state index >= 15 is 0 Å². The number of carbonyl (C=O) groups is 1. The van der Waals surface area contributed by atoms with E-state index in [-0.39, 0.29) is 16.6 Å². The minimum atomic E-state index is -3.95. The highest BCUT2D eigenvalue weighted by molar-refractivity contribution is 8.13. The second kappa shape index (κ2) is 4.32. The molecule has 0 aliphatic heterocycles. The van der Waals surface area contributed by atoms with E-state index in [1.54, 1.807) is 6.92 Å². The van der Waals surface area contributed by atoms with E-state index < -0.39 is 9.05 Å². The third-order valence-electron chi connectivity index (χ3n) is 2.14. The summed E-state index contributed by atoms with van der Waals surface area (Å²) in [6, 6.07) is -0.123. The predicted octanol–water partition coefficient (Wildman–Crippen LogP) is 1.59. The third-order valence-corrected chi connectivity index (χ3v) is 3.47. The third kappa shape index (κ3) is 2.38. The Bertz CT molecular complexity index is 466. The van der Waals surface area contributed by atoms with Crippen molar-refractivity contribution in [2.75, 3.05) is 0 Å². The van der Waals surface area contributed by atoms with E-state index in [0.29, 0.717) is 12.7 Å². The maximum atomic E-state index is 11.3. The monoisotopic (exact) mass is 250 g/mol. The Kier molecular flexibility index (Phi) is 3.51. The lowest BCUT2D eigenvalue weighted by molar-refractivity contribution is 0.112. The molecule has 5 nitrogen and oxygen atoms in total. The number of halogens is 1. The van der Waals surface area contributed by atoms with Crippen LogP contribution in [0.25, 0.3) is 0 Å². The lowest BCUT2D eigenvalue weighted by atomic mass is 10.3. The van der Waals surface area contributed by atoms with E-state index in [1.807, 2.05) is 6.92 Å². The Labute approximate surface area is 92.5 Å². The number of hydrogen-bond donors (Lipinski definition) is 0. The Morgan fingerprint density at radius 2 is 2.27 bits per heavy atom. The molecule has 7 heteroatoms. The average Bonchev–Trinajstić information content (AvgIpc) is 2.59. The zero-order valence-corrected chi connectivity index (χ0v) is 9.92. The summed E-state index contributed by atoms with van der Waals surface area (Å²) < 4.78 is 23.8. The fourth-order valence-corrected chi connectivity index (χ4v) is 2.50. The van der Waals surface area contributed by atoms with E-state index in [4.69, 9.17) is 10.7 Å². The van der Waals surface area contributed by atoms with Gasteiger partial charge in [0.1, 0.15) is 0 Å². The van der Waals surface area contributed by atoms with E-state index in [2.05, 4.69) is 5.10 Å². The van der Waals surface area contributed by atoms with Gasteiger partial charge >= 0.3 is 0 Å². The number of aromatic nitrogens is 2. The van der Waals surface area contributed by atoms with Gasteiger partial charge in [-0.25, -0.2) is 13.1 Å². The van der Waals surface area contributed by atoms with Gasteiger partial charge in [-0.3, -0.25) is 4.79 Å². The van der Waals surface area contributed by atoms with Crippen molar-refractivity contribution >= 4 is 26.0 Å². The first-order valence-corrected chi connectivity index (χ1v) is 6.70. The molecule has 0 radical (unpaired) electrons. The second-order valence-electron chi connectivity index (χ2n) is 3.16. The van der Waals surface area contributed by atoms with Crippen LogP contribution < -0.4 is 0 Å². The zero-order valence-electron chi connectivity index (χ0n) is 8.34. The van der Waals surface area contributed by atoms with Crippen LogP contribution in [0, 0.1) is 0 Å². The maximum absolute atomic E-state index is 11.3. The van der Waals surface area contributed by atoms with Gasteiger partial charge in [0.2, 0.25) is 0 Å². The molecule has 15 heavy (non-hydrogen) atoms. The molecule has 1 unspecified atom stereocenters. The van der Waals surface area contributed by atoms with Gasteiger partial charge in [-0.05, 0) is 13.3 Å². The minimum Gasteiger partial charge on any atom is -0.298 e. The first-order valence-electron chi connectivity index (χ1n) is 4.39. The van der Waals surface area contributed by atoms with Crippen molar-refractivity contribution in [2.45, 2.75) is 31.3 Å². The molecule has 1 aromatic rings. The van der Waals surface area contributed by atoms with Crippen LogP contribution in [0.1, 0.15) is 36.7 Å². The summed E-state index contributed by atoms with van der Waals surface area (Å²) in [7, 11) is 1.30. The topological polar surface area (TPSA) is 69.0 Å². The highest BCUT2D eigenvalue weighted by atomic mass is 35.7. The first kappa shape index (κ1) is 12.2. The summed E-state index contributed by atoms with van der Waals surface area (Å²) in [6.07, 6.45) is 2.33. The van der Waals surface area contributed by atoms with Crippen molar-refractivity contribution in [3.63, 3.8) is 0 Å². The molecule has 0 aliphatic rings. The number of rotatable bonds is 4. The molecule has 0 saturated carbocycles. The number of nitrogens with zero attached hydrogens (tertiary/aromatic N) is 2. The Morgan fingerprint density at radius 1 is 1.67 bits per heavy atom. The lowest BCUT2D eigenvalue weighted by Gasteiger charge is -2.11. The van der Waals surface area contributed by atoms with Crippen LogP contribution in [0.15, 0.2) is 11.2 Å². The predicted molar refractivity (Wildman–Crippen MR) is 55.7 cm³/mol. The van der Waals surface area contributed by atoms with Crippen LogP contribution in [0.2, 0.25) is 0 Å². The van der Waals surface area contributed by atoms with Crippen molar-refractivity contribution in [1.82, 2.24) is 9.78 Å². The summed E-state index contributed by atoms with van der Waals surface area (Å²) in [5.74, 6) is 0. The lowest BCUT2D eigenvalue weighted by Crippen LogP contribution is -2.12. The van der Waals surface area contributed by atoms with Crippen LogP contribution >= 0.6 is 10.7 Å². The Hall–Kier alpha value is -0.880. The van der Waals surface area contributed by atoms with Crippen LogP contribution in [0.5, 0.6) is 0 Å². The molecule has 0 spiro atoms. The average molecular weight is 251 g/mol. The summed E-state index contributed by atoms with van der Waals surface area (Å²) in [4.78, 5) is 10.6. The summed E-state index contributed by atoms with van der Waals surface area (Å²) in [5.41, 5.74) is -0.00898. The van der Waals surface area contributed by atoms with Crippen molar-refractivity contribution < 1.29 is 13.2 Å². The largest absolute Gasteiger partial charge is 0.298 e. The molecule has 1 heterocycles. The fraction of sp³-hybridized carbons (Fsp3) is 0.500. The van der Waals surface area contributed by atoms with E-state index in [9.17, 15) is 13.2 Å². The number of aldehydes is 1. The molecule has 1 atom stereocenters. The van der Waals surface area contributed by atoms with Crippen molar-refractivity contribution in [3.05, 3.63) is 11.8 Å². The van der Waals surface area contributed by atoms with Gasteiger partial charge in [-0.2, -0.15) is 5.10 Å². The Balaban J connectivity index is 3.43. The van der Waals surface area contributed by atoms with Gasteiger partial charge in [0.05, 0.1) is 17.8 Å². The van der Waals surface area contributed by atoms with Crippen molar-refractivity contribution in [3.8, 4) is 0 Å². The Morgan fingerprint density at radius 3 is 2.67 bits per heavy atom.